The third-order valence-corrected chi connectivity index (χ3v) is 4.57. The second-order valence-electron chi connectivity index (χ2n) is 8.25. The molecule has 1 rings (SSSR count). The van der Waals surface area contributed by atoms with Crippen molar-refractivity contribution in [2.75, 3.05) is 26.8 Å². The molecule has 0 spiro atoms. The molecule has 0 radical (unpaired) electrons. The number of nitrogens with one attached hydrogen (secondary N) is 1. The summed E-state index contributed by atoms with van der Waals surface area (Å²) in [4.78, 5) is 25.7. The standard InChI is InChI=1S/C19H36N2O4/c1-19(2,3)10-8-6-5-7-9-11-20-18(24)16-12-15(22)13-21(16)17(23)14-25-4/h15-16,22H,5-14H2,1-4H3,(H,20,24). The van der Waals surface area contributed by atoms with E-state index in [0.717, 1.165) is 12.8 Å². The maximum Gasteiger partial charge on any atom is 0.249 e. The number of ether oxygens (including phenoxy) is 1. The van der Waals surface area contributed by atoms with Crippen LogP contribution in [0.2, 0.25) is 0 Å². The Bertz CT molecular complexity index is 420. The van der Waals surface area contributed by atoms with Crippen molar-refractivity contribution in [3.63, 3.8) is 0 Å². The smallest absolute Gasteiger partial charge is 0.249 e. The van der Waals surface area contributed by atoms with E-state index in [1.165, 1.54) is 37.7 Å². The summed E-state index contributed by atoms with van der Waals surface area (Å²) in [6.07, 6.45) is 6.64. The number of aliphatic hydroxyl groups excluding tert-OH is 1. The molecule has 6 nitrogen and oxygen atoms in total. The number of hydrogen-bond acceptors (Lipinski definition) is 4. The van der Waals surface area contributed by atoms with Crippen LogP contribution in [-0.2, 0) is 14.3 Å². The molecule has 1 fully saturated rings. The van der Waals surface area contributed by atoms with E-state index in [0.29, 0.717) is 18.4 Å². The van der Waals surface area contributed by atoms with Gasteiger partial charge in [-0.05, 0) is 18.3 Å². The number of likely N-dealkylation sites (tertiary alicyclic amines) is 1. The molecule has 25 heavy (non-hydrogen) atoms. The average Bonchev–Trinajstić information content (AvgIpc) is 2.91. The molecule has 2 amide bonds. The van der Waals surface area contributed by atoms with Crippen molar-refractivity contribution < 1.29 is 19.4 Å². The number of carbonyl (C=O) groups is 2. The first kappa shape index (κ1) is 21.9. The van der Waals surface area contributed by atoms with Crippen molar-refractivity contribution in [3.8, 4) is 0 Å². The summed E-state index contributed by atoms with van der Waals surface area (Å²) < 4.78 is 4.84. The Kier molecular flexibility index (Phi) is 9.43. The molecule has 0 saturated carbocycles. The van der Waals surface area contributed by atoms with Crippen LogP contribution >= 0.6 is 0 Å². The first-order valence-corrected chi connectivity index (χ1v) is 9.49. The topological polar surface area (TPSA) is 78.9 Å². The van der Waals surface area contributed by atoms with Gasteiger partial charge in [0, 0.05) is 26.6 Å². The van der Waals surface area contributed by atoms with Gasteiger partial charge in [-0.1, -0.05) is 46.5 Å². The summed E-state index contributed by atoms with van der Waals surface area (Å²) >= 11 is 0. The van der Waals surface area contributed by atoms with Crippen molar-refractivity contribution >= 4 is 11.8 Å². The van der Waals surface area contributed by atoms with Gasteiger partial charge in [-0.3, -0.25) is 9.59 Å². The Labute approximate surface area is 152 Å². The van der Waals surface area contributed by atoms with Gasteiger partial charge in [-0.15, -0.1) is 0 Å². The summed E-state index contributed by atoms with van der Waals surface area (Å²) in [6, 6.07) is -0.579. The molecule has 0 aromatic carbocycles. The maximum atomic E-state index is 12.3. The number of carbonyl (C=O) groups excluding carboxylic acids is 2. The highest BCUT2D eigenvalue weighted by molar-refractivity contribution is 5.88. The predicted octanol–water partition coefficient (Wildman–Crippen LogP) is 2.10. The summed E-state index contributed by atoms with van der Waals surface area (Å²) in [5, 5.41) is 12.7. The molecule has 1 saturated heterocycles. The highest BCUT2D eigenvalue weighted by Gasteiger charge is 2.38. The molecular weight excluding hydrogens is 320 g/mol. The number of unbranched alkanes of at least 4 members (excludes halogenated alkanes) is 4. The first-order chi connectivity index (χ1) is 11.7. The van der Waals surface area contributed by atoms with E-state index in [2.05, 4.69) is 26.1 Å². The molecular formula is C19H36N2O4. The van der Waals surface area contributed by atoms with Crippen molar-refractivity contribution in [1.82, 2.24) is 10.2 Å². The predicted molar refractivity (Wildman–Crippen MR) is 98.2 cm³/mol. The van der Waals surface area contributed by atoms with Gasteiger partial charge in [0.25, 0.3) is 0 Å². The highest BCUT2D eigenvalue weighted by Crippen LogP contribution is 2.22. The fourth-order valence-electron chi connectivity index (χ4n) is 3.18. The number of hydrogen-bond donors (Lipinski definition) is 2. The monoisotopic (exact) mass is 356 g/mol. The summed E-state index contributed by atoms with van der Waals surface area (Å²) in [7, 11) is 1.45. The van der Waals surface area contributed by atoms with E-state index < -0.39 is 12.1 Å². The Morgan fingerprint density at radius 1 is 1.16 bits per heavy atom. The lowest BCUT2D eigenvalue weighted by Crippen LogP contribution is -2.47. The minimum Gasteiger partial charge on any atom is -0.391 e. The summed E-state index contributed by atoms with van der Waals surface area (Å²) in [5.41, 5.74) is 0.409. The van der Waals surface area contributed by atoms with E-state index in [1.54, 1.807) is 0 Å². The van der Waals surface area contributed by atoms with E-state index in [-0.39, 0.29) is 25.0 Å². The number of rotatable bonds is 10. The third kappa shape index (κ3) is 8.68. The molecule has 0 aromatic heterocycles. The molecule has 2 unspecified atom stereocenters. The molecule has 1 heterocycles. The zero-order valence-corrected chi connectivity index (χ0v) is 16.3. The van der Waals surface area contributed by atoms with Gasteiger partial charge in [0.2, 0.25) is 11.8 Å². The van der Waals surface area contributed by atoms with Gasteiger partial charge >= 0.3 is 0 Å². The first-order valence-electron chi connectivity index (χ1n) is 9.49. The lowest BCUT2D eigenvalue weighted by atomic mass is 9.89. The molecule has 2 atom stereocenters. The van der Waals surface area contributed by atoms with Crippen molar-refractivity contribution in [3.05, 3.63) is 0 Å². The van der Waals surface area contributed by atoms with Gasteiger partial charge in [0.1, 0.15) is 12.6 Å². The van der Waals surface area contributed by atoms with Crippen LogP contribution in [0, 0.1) is 5.41 Å². The van der Waals surface area contributed by atoms with Gasteiger partial charge in [-0.25, -0.2) is 0 Å². The van der Waals surface area contributed by atoms with E-state index in [4.69, 9.17) is 4.74 Å². The third-order valence-electron chi connectivity index (χ3n) is 4.57. The quantitative estimate of drug-likeness (QED) is 0.588. The summed E-state index contributed by atoms with van der Waals surface area (Å²) in [5.74, 6) is -0.424. The van der Waals surface area contributed by atoms with Crippen LogP contribution in [0.3, 0.4) is 0 Å². The zero-order chi connectivity index (χ0) is 18.9. The van der Waals surface area contributed by atoms with Crippen LogP contribution in [0.4, 0.5) is 0 Å². The second kappa shape index (κ2) is 10.8. The van der Waals surface area contributed by atoms with Crippen molar-refractivity contribution in [2.45, 2.75) is 77.9 Å². The lowest BCUT2D eigenvalue weighted by molar-refractivity contribution is -0.141. The Morgan fingerprint density at radius 3 is 2.44 bits per heavy atom. The van der Waals surface area contributed by atoms with Crippen LogP contribution in [-0.4, -0.2) is 60.8 Å². The second-order valence-corrected chi connectivity index (χ2v) is 8.25. The SMILES string of the molecule is COCC(=O)N1CC(O)CC1C(=O)NCCCCCCCC(C)(C)C. The van der Waals surface area contributed by atoms with E-state index in [1.807, 2.05) is 0 Å². The minimum atomic E-state index is -0.639. The van der Waals surface area contributed by atoms with Crippen LogP contribution in [0.5, 0.6) is 0 Å². The average molecular weight is 357 g/mol. The fraction of sp³-hybridized carbons (Fsp3) is 0.895. The molecule has 146 valence electrons. The normalized spacial score (nSPS) is 20.8. The van der Waals surface area contributed by atoms with Crippen LogP contribution < -0.4 is 5.32 Å². The number of aliphatic hydroxyl groups is 1. The molecule has 0 aliphatic carbocycles. The van der Waals surface area contributed by atoms with Crippen LogP contribution in [0.15, 0.2) is 0 Å². The summed E-state index contributed by atoms with van der Waals surface area (Å²) in [6.45, 7) is 7.56. The Morgan fingerprint density at radius 2 is 1.80 bits per heavy atom. The molecule has 1 aliphatic heterocycles. The van der Waals surface area contributed by atoms with Crippen molar-refractivity contribution in [1.29, 1.82) is 0 Å². The lowest BCUT2D eigenvalue weighted by Gasteiger charge is -2.23. The maximum absolute atomic E-state index is 12.3. The van der Waals surface area contributed by atoms with Gasteiger partial charge in [-0.2, -0.15) is 0 Å². The van der Waals surface area contributed by atoms with Gasteiger partial charge in [0.05, 0.1) is 6.10 Å². The molecule has 0 bridgehead atoms. The minimum absolute atomic E-state index is 0.0644. The van der Waals surface area contributed by atoms with E-state index in [9.17, 15) is 14.7 Å². The number of amides is 2. The molecule has 0 aromatic rings. The van der Waals surface area contributed by atoms with Gasteiger partial charge < -0.3 is 20.1 Å². The molecule has 1 aliphatic rings. The van der Waals surface area contributed by atoms with Gasteiger partial charge in [0.15, 0.2) is 0 Å². The number of methoxy groups -OCH3 is 1. The fourth-order valence-corrected chi connectivity index (χ4v) is 3.18. The van der Waals surface area contributed by atoms with Crippen molar-refractivity contribution in [2.24, 2.45) is 5.41 Å². The largest absolute Gasteiger partial charge is 0.391 e. The Hall–Kier alpha value is -1.14. The number of β-amino-alcohol motifs (C(OH)–C–C–N with tert-alkyl or cyclic N) is 1. The molecule has 6 heteroatoms. The highest BCUT2D eigenvalue weighted by atomic mass is 16.5. The van der Waals surface area contributed by atoms with E-state index >= 15 is 0 Å². The number of nitrogens with zero attached hydrogens (tertiary/aromatic N) is 1. The molecule has 2 N–H and O–H groups in total. The zero-order valence-electron chi connectivity index (χ0n) is 16.3. The Balaban J connectivity index is 2.19. The van der Waals surface area contributed by atoms with Crippen LogP contribution in [0.1, 0.15) is 65.7 Å². The van der Waals surface area contributed by atoms with Crippen LogP contribution in [0.25, 0.3) is 0 Å².